The quantitative estimate of drug-likeness (QED) is 0.345. The molecule has 0 aliphatic carbocycles. The van der Waals surface area contributed by atoms with E-state index in [9.17, 15) is 0 Å². The van der Waals surface area contributed by atoms with E-state index in [1.54, 1.807) is 14.2 Å². The summed E-state index contributed by atoms with van der Waals surface area (Å²) in [6, 6.07) is 12.5. The van der Waals surface area contributed by atoms with Crippen molar-refractivity contribution in [3.8, 4) is 11.5 Å². The summed E-state index contributed by atoms with van der Waals surface area (Å²) in [5.74, 6) is 2.14. The Bertz CT molecular complexity index is 842. The van der Waals surface area contributed by atoms with E-state index in [-0.39, 0.29) is 24.0 Å². The van der Waals surface area contributed by atoms with E-state index >= 15 is 0 Å². The molecular formula is C22H31IN4O2. The minimum absolute atomic E-state index is 0. The van der Waals surface area contributed by atoms with Gasteiger partial charge in [-0.1, -0.05) is 12.1 Å². The lowest BCUT2D eigenvalue weighted by molar-refractivity contribution is 0.311. The molecule has 0 unspecified atom stereocenters. The van der Waals surface area contributed by atoms with Gasteiger partial charge in [0.1, 0.15) is 0 Å². The number of hydrogen-bond donors (Lipinski definition) is 2. The molecule has 0 amide bonds. The molecule has 29 heavy (non-hydrogen) atoms. The molecule has 0 aromatic heterocycles. The smallest absolute Gasteiger partial charge is 0.195 e. The number of anilines is 2. The van der Waals surface area contributed by atoms with Gasteiger partial charge in [-0.05, 0) is 49.1 Å². The van der Waals surface area contributed by atoms with Crippen molar-refractivity contribution in [2.45, 2.75) is 26.3 Å². The van der Waals surface area contributed by atoms with E-state index in [1.807, 2.05) is 25.1 Å². The van der Waals surface area contributed by atoms with E-state index < -0.39 is 0 Å². The average molecular weight is 510 g/mol. The first-order valence-corrected chi connectivity index (χ1v) is 9.76. The van der Waals surface area contributed by atoms with E-state index in [0.29, 0.717) is 24.9 Å². The molecule has 2 aromatic carbocycles. The van der Waals surface area contributed by atoms with Gasteiger partial charge in [-0.2, -0.15) is 0 Å². The Labute approximate surface area is 190 Å². The Morgan fingerprint density at radius 3 is 2.72 bits per heavy atom. The minimum atomic E-state index is 0. The van der Waals surface area contributed by atoms with Crippen LogP contribution in [-0.2, 0) is 13.0 Å². The van der Waals surface area contributed by atoms with Crippen LogP contribution in [0.25, 0.3) is 0 Å². The average Bonchev–Trinajstić information content (AvgIpc) is 2.71. The third kappa shape index (κ3) is 5.91. The standard InChI is InChI=1S/C22H30N4O2.HI/c1-5-28-21-14-18(9-11-20(21)27-4)25-22(23-2)24-15-16-8-10-19-17(13-16)7-6-12-26(19)3;/h8-11,13-14H,5-7,12,15H2,1-4H3,(H2,23,24,25);1H. The van der Waals surface area contributed by atoms with Crippen molar-refractivity contribution in [2.75, 3.05) is 44.6 Å². The van der Waals surface area contributed by atoms with Crippen LogP contribution in [-0.4, -0.2) is 40.3 Å². The van der Waals surface area contributed by atoms with Crippen molar-refractivity contribution >= 4 is 41.3 Å². The molecule has 0 spiro atoms. The highest BCUT2D eigenvalue weighted by molar-refractivity contribution is 14.0. The number of fused-ring (bicyclic) bond motifs is 1. The Morgan fingerprint density at radius 2 is 2.00 bits per heavy atom. The van der Waals surface area contributed by atoms with Crippen LogP contribution < -0.4 is 25.0 Å². The summed E-state index contributed by atoms with van der Waals surface area (Å²) in [5, 5.41) is 6.70. The van der Waals surface area contributed by atoms with Crippen LogP contribution in [0, 0.1) is 0 Å². The second-order valence-corrected chi connectivity index (χ2v) is 6.84. The van der Waals surface area contributed by atoms with E-state index in [0.717, 1.165) is 24.4 Å². The Hall–Kier alpha value is -2.16. The summed E-state index contributed by atoms with van der Waals surface area (Å²) in [6.07, 6.45) is 2.36. The molecule has 6 nitrogen and oxygen atoms in total. The zero-order valence-electron chi connectivity index (χ0n) is 17.6. The van der Waals surface area contributed by atoms with Crippen molar-refractivity contribution < 1.29 is 9.47 Å². The number of methoxy groups -OCH3 is 1. The van der Waals surface area contributed by atoms with Crippen LogP contribution in [0.2, 0.25) is 0 Å². The van der Waals surface area contributed by atoms with Gasteiger partial charge in [-0.15, -0.1) is 24.0 Å². The zero-order valence-corrected chi connectivity index (χ0v) is 19.9. The maximum Gasteiger partial charge on any atom is 0.195 e. The molecule has 3 rings (SSSR count). The Balaban J connectivity index is 0.00000300. The number of benzene rings is 2. The summed E-state index contributed by atoms with van der Waals surface area (Å²) in [5.41, 5.74) is 4.91. The first-order valence-electron chi connectivity index (χ1n) is 9.76. The summed E-state index contributed by atoms with van der Waals surface area (Å²) in [6.45, 7) is 4.38. The summed E-state index contributed by atoms with van der Waals surface area (Å²) >= 11 is 0. The van der Waals surface area contributed by atoms with Crippen molar-refractivity contribution in [2.24, 2.45) is 4.99 Å². The first-order chi connectivity index (χ1) is 13.6. The number of guanidine groups is 1. The fourth-order valence-electron chi connectivity index (χ4n) is 3.47. The van der Waals surface area contributed by atoms with E-state index in [4.69, 9.17) is 9.47 Å². The lowest BCUT2D eigenvalue weighted by atomic mass is 9.99. The van der Waals surface area contributed by atoms with Gasteiger partial charge in [0.05, 0.1) is 13.7 Å². The largest absolute Gasteiger partial charge is 0.493 e. The molecule has 1 aliphatic heterocycles. The van der Waals surface area contributed by atoms with Gasteiger partial charge in [0.25, 0.3) is 0 Å². The van der Waals surface area contributed by atoms with E-state index in [1.165, 1.54) is 23.2 Å². The monoisotopic (exact) mass is 510 g/mol. The fourth-order valence-corrected chi connectivity index (χ4v) is 3.47. The van der Waals surface area contributed by atoms with Crippen LogP contribution >= 0.6 is 24.0 Å². The van der Waals surface area contributed by atoms with Gasteiger partial charge in [0.15, 0.2) is 17.5 Å². The lowest BCUT2D eigenvalue weighted by Crippen LogP contribution is -2.30. The first kappa shape index (κ1) is 23.1. The molecular weight excluding hydrogens is 479 g/mol. The van der Waals surface area contributed by atoms with Crippen LogP contribution in [0.1, 0.15) is 24.5 Å². The normalized spacial score (nSPS) is 13.2. The third-order valence-electron chi connectivity index (χ3n) is 4.90. The maximum absolute atomic E-state index is 5.65. The molecule has 0 bridgehead atoms. The molecule has 0 saturated carbocycles. The highest BCUT2D eigenvalue weighted by Gasteiger charge is 2.14. The second-order valence-electron chi connectivity index (χ2n) is 6.84. The van der Waals surface area contributed by atoms with Crippen LogP contribution in [0.15, 0.2) is 41.4 Å². The van der Waals surface area contributed by atoms with Gasteiger partial charge in [-0.25, -0.2) is 0 Å². The van der Waals surface area contributed by atoms with Gasteiger partial charge < -0.3 is 25.0 Å². The second kappa shape index (κ2) is 11.1. The van der Waals surface area contributed by atoms with Crippen LogP contribution in [0.5, 0.6) is 11.5 Å². The van der Waals surface area contributed by atoms with Crippen molar-refractivity contribution in [3.63, 3.8) is 0 Å². The number of aryl methyl sites for hydroxylation is 1. The fraction of sp³-hybridized carbons (Fsp3) is 0.409. The van der Waals surface area contributed by atoms with Crippen molar-refractivity contribution in [1.29, 1.82) is 0 Å². The third-order valence-corrected chi connectivity index (χ3v) is 4.90. The Morgan fingerprint density at radius 1 is 1.17 bits per heavy atom. The summed E-state index contributed by atoms with van der Waals surface area (Å²) in [7, 11) is 5.57. The molecule has 1 heterocycles. The molecule has 0 radical (unpaired) electrons. The zero-order chi connectivity index (χ0) is 19.9. The van der Waals surface area contributed by atoms with Crippen molar-refractivity contribution in [1.82, 2.24) is 5.32 Å². The molecule has 2 N–H and O–H groups in total. The number of nitrogens with one attached hydrogen (secondary N) is 2. The maximum atomic E-state index is 5.65. The lowest BCUT2D eigenvalue weighted by Gasteiger charge is -2.28. The predicted octanol–water partition coefficient (Wildman–Crippen LogP) is 4.28. The number of aliphatic imine (C=N–C) groups is 1. The van der Waals surface area contributed by atoms with Gasteiger partial charge in [0, 0.05) is 44.6 Å². The van der Waals surface area contributed by atoms with Gasteiger partial charge in [-0.3, -0.25) is 4.99 Å². The minimum Gasteiger partial charge on any atom is -0.493 e. The van der Waals surface area contributed by atoms with Crippen molar-refractivity contribution in [3.05, 3.63) is 47.5 Å². The van der Waals surface area contributed by atoms with Crippen LogP contribution in [0.4, 0.5) is 11.4 Å². The number of nitrogens with zero attached hydrogens (tertiary/aromatic N) is 2. The summed E-state index contributed by atoms with van der Waals surface area (Å²) in [4.78, 5) is 6.66. The van der Waals surface area contributed by atoms with Gasteiger partial charge >= 0.3 is 0 Å². The van der Waals surface area contributed by atoms with Crippen LogP contribution in [0.3, 0.4) is 0 Å². The summed E-state index contributed by atoms with van der Waals surface area (Å²) < 4.78 is 11.0. The molecule has 7 heteroatoms. The molecule has 0 atom stereocenters. The molecule has 158 valence electrons. The van der Waals surface area contributed by atoms with Gasteiger partial charge in [0.2, 0.25) is 0 Å². The number of halogens is 1. The molecule has 2 aromatic rings. The predicted molar refractivity (Wildman–Crippen MR) is 131 cm³/mol. The SMILES string of the molecule is CCOc1cc(NC(=NC)NCc2ccc3c(c2)CCCN3C)ccc1OC.I. The number of hydrogen-bond acceptors (Lipinski definition) is 4. The highest BCUT2D eigenvalue weighted by atomic mass is 127. The number of ether oxygens (including phenoxy) is 2. The van der Waals surface area contributed by atoms with E-state index in [2.05, 4.69) is 45.8 Å². The Kier molecular flexibility index (Phi) is 8.88. The molecule has 0 fully saturated rings. The molecule has 1 aliphatic rings. The highest BCUT2D eigenvalue weighted by Crippen LogP contribution is 2.30. The number of rotatable bonds is 6. The molecule has 0 saturated heterocycles. The topological polar surface area (TPSA) is 58.1 Å².